The molecule has 1 saturated heterocycles. The molecular weight excluding hydrogens is 492 g/mol. The molecule has 0 bridgehead atoms. The van der Waals surface area contributed by atoms with Crippen LogP contribution in [-0.4, -0.2) is 36.5 Å². The van der Waals surface area contributed by atoms with E-state index in [2.05, 4.69) is 23.2 Å². The van der Waals surface area contributed by atoms with Crippen molar-refractivity contribution in [1.29, 1.82) is 5.26 Å². The number of benzene rings is 2. The van der Waals surface area contributed by atoms with Gasteiger partial charge in [-0.25, -0.2) is 0 Å². The fraction of sp³-hybridized carbons (Fsp3) is 0.387. The zero-order valence-electron chi connectivity index (χ0n) is 22.6. The number of para-hydroxylation sites is 2. The molecule has 0 aliphatic carbocycles. The largest absolute Gasteiger partial charge is 0.618 e. The summed E-state index contributed by atoms with van der Waals surface area (Å²) in [5.41, 5.74) is 3.17. The van der Waals surface area contributed by atoms with Crippen molar-refractivity contribution >= 4 is 5.91 Å². The topological polar surface area (TPSA) is 102 Å². The van der Waals surface area contributed by atoms with Crippen LogP contribution < -0.4 is 19.5 Å². The van der Waals surface area contributed by atoms with Crippen LogP contribution in [0.1, 0.15) is 58.9 Å². The standard InChI is InChI=1S/C31H34N4O4/c1-21-13-19-35(37)23(3)29(21)30(36)33-16-12-22(2)34-17-14-26(15-18-34)31(25-10-8-24(20-32)9-11-25)38-27-6-4-5-7-28(27)39-31/h4-11,13,19,22,26H,12,14-18H2,1-3H3,(H,33,36). The second kappa shape index (κ2) is 11.0. The summed E-state index contributed by atoms with van der Waals surface area (Å²) in [6.45, 7) is 8.00. The van der Waals surface area contributed by atoms with E-state index < -0.39 is 5.79 Å². The van der Waals surface area contributed by atoms with E-state index in [1.807, 2.05) is 55.5 Å². The molecule has 2 aromatic carbocycles. The Bertz CT molecular complexity index is 1370. The lowest BCUT2D eigenvalue weighted by Crippen LogP contribution is -2.50. The molecule has 1 atom stereocenters. The zero-order valence-corrected chi connectivity index (χ0v) is 22.6. The summed E-state index contributed by atoms with van der Waals surface area (Å²) in [4.78, 5) is 15.2. The molecule has 1 unspecified atom stereocenters. The first-order chi connectivity index (χ1) is 18.8. The van der Waals surface area contributed by atoms with E-state index in [0.717, 1.165) is 59.7 Å². The molecule has 8 nitrogen and oxygen atoms in total. The number of nitriles is 1. The highest BCUT2D eigenvalue weighted by Crippen LogP contribution is 2.50. The van der Waals surface area contributed by atoms with Gasteiger partial charge in [0.2, 0.25) is 5.69 Å². The second-order valence-corrected chi connectivity index (χ2v) is 10.5. The Hall–Kier alpha value is -4.09. The average Bonchev–Trinajstić information content (AvgIpc) is 3.36. The van der Waals surface area contributed by atoms with Gasteiger partial charge in [0.25, 0.3) is 11.7 Å². The van der Waals surface area contributed by atoms with Crippen molar-refractivity contribution in [3.05, 3.63) is 93.9 Å². The maximum absolute atomic E-state index is 12.8. The minimum Gasteiger partial charge on any atom is -0.618 e. The van der Waals surface area contributed by atoms with Crippen molar-refractivity contribution in [2.24, 2.45) is 5.92 Å². The number of carbonyl (C=O) groups is 1. The van der Waals surface area contributed by atoms with E-state index >= 15 is 0 Å². The number of ether oxygens (including phenoxy) is 2. The summed E-state index contributed by atoms with van der Waals surface area (Å²) in [7, 11) is 0. The molecule has 1 fully saturated rings. The Morgan fingerprint density at radius 2 is 1.77 bits per heavy atom. The molecule has 2 aliphatic rings. The van der Waals surface area contributed by atoms with Gasteiger partial charge in [-0.15, -0.1) is 0 Å². The number of piperidine rings is 1. The van der Waals surface area contributed by atoms with Gasteiger partial charge in [0.05, 0.1) is 11.6 Å². The van der Waals surface area contributed by atoms with Gasteiger partial charge in [-0.2, -0.15) is 9.99 Å². The van der Waals surface area contributed by atoms with Gasteiger partial charge in [0.1, 0.15) is 5.56 Å². The quantitative estimate of drug-likeness (QED) is 0.363. The summed E-state index contributed by atoms with van der Waals surface area (Å²) in [5.74, 6) is 0.467. The molecule has 1 amide bonds. The highest BCUT2D eigenvalue weighted by atomic mass is 16.7. The maximum Gasteiger partial charge on any atom is 0.281 e. The van der Waals surface area contributed by atoms with Crippen molar-refractivity contribution in [2.75, 3.05) is 19.6 Å². The molecule has 2 aliphatic heterocycles. The van der Waals surface area contributed by atoms with Gasteiger partial charge in [-0.1, -0.05) is 12.1 Å². The van der Waals surface area contributed by atoms with Gasteiger partial charge in [0.15, 0.2) is 17.7 Å². The first kappa shape index (κ1) is 26.5. The lowest BCUT2D eigenvalue weighted by Gasteiger charge is -2.42. The van der Waals surface area contributed by atoms with Crippen LogP contribution >= 0.6 is 0 Å². The van der Waals surface area contributed by atoms with Crippen LogP contribution in [0.2, 0.25) is 0 Å². The van der Waals surface area contributed by atoms with E-state index in [0.29, 0.717) is 23.4 Å². The number of pyridine rings is 1. The van der Waals surface area contributed by atoms with Crippen LogP contribution in [0, 0.1) is 36.3 Å². The van der Waals surface area contributed by atoms with Crippen LogP contribution in [0.15, 0.2) is 60.8 Å². The number of likely N-dealkylation sites (tertiary alicyclic amines) is 1. The summed E-state index contributed by atoms with van der Waals surface area (Å²) < 4.78 is 13.8. The summed E-state index contributed by atoms with van der Waals surface area (Å²) in [6.07, 6.45) is 4.00. The Kier molecular flexibility index (Phi) is 7.45. The van der Waals surface area contributed by atoms with E-state index in [1.165, 1.54) is 6.20 Å². The lowest BCUT2D eigenvalue weighted by molar-refractivity contribution is -0.612. The van der Waals surface area contributed by atoms with Gasteiger partial charge in [-0.05, 0) is 88.2 Å². The number of fused-ring (bicyclic) bond motifs is 1. The average molecular weight is 527 g/mol. The number of carbonyl (C=O) groups excluding carboxylic acids is 1. The molecule has 1 aromatic heterocycles. The Morgan fingerprint density at radius 1 is 1.13 bits per heavy atom. The van der Waals surface area contributed by atoms with Crippen molar-refractivity contribution in [3.8, 4) is 17.6 Å². The van der Waals surface area contributed by atoms with E-state index in [4.69, 9.17) is 9.47 Å². The van der Waals surface area contributed by atoms with Gasteiger partial charge in [0, 0.05) is 37.1 Å². The summed E-state index contributed by atoms with van der Waals surface area (Å²) >= 11 is 0. The predicted molar refractivity (Wildman–Crippen MR) is 146 cm³/mol. The third kappa shape index (κ3) is 5.15. The molecule has 0 saturated carbocycles. The number of nitrogens with one attached hydrogen (secondary N) is 1. The maximum atomic E-state index is 12.8. The van der Waals surface area contributed by atoms with Crippen molar-refractivity contribution < 1.29 is 19.0 Å². The van der Waals surface area contributed by atoms with Crippen LogP contribution in [-0.2, 0) is 5.79 Å². The van der Waals surface area contributed by atoms with Crippen LogP contribution in [0.5, 0.6) is 11.5 Å². The van der Waals surface area contributed by atoms with Crippen molar-refractivity contribution in [2.45, 2.75) is 51.9 Å². The summed E-state index contributed by atoms with van der Waals surface area (Å²) in [6, 6.07) is 19.4. The normalized spacial score (nSPS) is 17.4. The minimum atomic E-state index is -0.926. The number of aromatic nitrogens is 1. The number of rotatable bonds is 7. The molecule has 0 radical (unpaired) electrons. The highest BCUT2D eigenvalue weighted by Gasteiger charge is 2.51. The van der Waals surface area contributed by atoms with Gasteiger partial charge < -0.3 is 24.9 Å². The fourth-order valence-electron chi connectivity index (χ4n) is 5.76. The number of nitrogens with zero attached hydrogens (tertiary/aromatic N) is 3. The predicted octanol–water partition coefficient (Wildman–Crippen LogP) is 4.35. The minimum absolute atomic E-state index is 0.129. The molecular formula is C31H34N4O4. The smallest absolute Gasteiger partial charge is 0.281 e. The number of hydrogen-bond acceptors (Lipinski definition) is 6. The van der Waals surface area contributed by atoms with Gasteiger partial charge in [-0.3, -0.25) is 4.79 Å². The zero-order chi connectivity index (χ0) is 27.6. The van der Waals surface area contributed by atoms with E-state index in [9.17, 15) is 15.3 Å². The molecule has 3 aromatic rings. The molecule has 39 heavy (non-hydrogen) atoms. The fourth-order valence-corrected chi connectivity index (χ4v) is 5.76. The monoisotopic (exact) mass is 526 g/mol. The van der Waals surface area contributed by atoms with Crippen LogP contribution in [0.3, 0.4) is 0 Å². The first-order valence-corrected chi connectivity index (χ1v) is 13.5. The molecule has 5 rings (SSSR count). The SMILES string of the molecule is Cc1cc[n+]([O-])c(C)c1C(=O)NCCC(C)N1CCC(C2(c3ccc(C#N)cc3)Oc3ccccc3O2)CC1. The van der Waals surface area contributed by atoms with Crippen LogP contribution in [0.25, 0.3) is 0 Å². The molecule has 1 N–H and O–H groups in total. The third-order valence-corrected chi connectivity index (χ3v) is 8.10. The summed E-state index contributed by atoms with van der Waals surface area (Å²) in [5, 5.41) is 24.2. The van der Waals surface area contributed by atoms with Crippen molar-refractivity contribution in [1.82, 2.24) is 10.2 Å². The Balaban J connectivity index is 1.21. The molecule has 3 heterocycles. The van der Waals surface area contributed by atoms with Crippen LogP contribution in [0.4, 0.5) is 0 Å². The first-order valence-electron chi connectivity index (χ1n) is 13.5. The molecule has 0 spiro atoms. The Morgan fingerprint density at radius 3 is 2.38 bits per heavy atom. The van der Waals surface area contributed by atoms with Gasteiger partial charge >= 0.3 is 0 Å². The third-order valence-electron chi connectivity index (χ3n) is 8.10. The number of amides is 1. The molecule has 8 heteroatoms. The number of hydrogen-bond donors (Lipinski definition) is 1. The highest BCUT2D eigenvalue weighted by molar-refractivity contribution is 5.96. The Labute approximate surface area is 229 Å². The number of aryl methyl sites for hydroxylation is 1. The lowest BCUT2D eigenvalue weighted by atomic mass is 9.83. The van der Waals surface area contributed by atoms with E-state index in [1.54, 1.807) is 13.0 Å². The second-order valence-electron chi connectivity index (χ2n) is 10.5. The van der Waals surface area contributed by atoms with E-state index in [-0.39, 0.29) is 17.9 Å². The molecule has 202 valence electrons. The van der Waals surface area contributed by atoms with Crippen molar-refractivity contribution in [3.63, 3.8) is 0 Å².